The molecule has 4 heteroatoms. The van der Waals surface area contributed by atoms with Crippen molar-refractivity contribution in [3.63, 3.8) is 0 Å². The highest BCUT2D eigenvalue weighted by molar-refractivity contribution is 6.02. The Morgan fingerprint density at radius 1 is 1.20 bits per heavy atom. The Morgan fingerprint density at radius 2 is 2.00 bits per heavy atom. The number of aryl methyl sites for hydroxylation is 1. The van der Waals surface area contributed by atoms with Gasteiger partial charge in [-0.3, -0.25) is 4.79 Å². The molecule has 20 heavy (non-hydrogen) atoms. The predicted molar refractivity (Wildman–Crippen MR) is 78.1 cm³/mol. The molecular formula is C16H16N2O2. The highest BCUT2D eigenvalue weighted by Gasteiger charge is 2.29. The van der Waals surface area contributed by atoms with Gasteiger partial charge in [-0.15, -0.1) is 0 Å². The van der Waals surface area contributed by atoms with Crippen LogP contribution >= 0.6 is 0 Å². The lowest BCUT2D eigenvalue weighted by molar-refractivity contribution is -0.117. The molecule has 3 rings (SSSR count). The van der Waals surface area contributed by atoms with E-state index in [0.717, 1.165) is 28.3 Å². The number of hydrogen-bond donors (Lipinski definition) is 2. The van der Waals surface area contributed by atoms with Crippen molar-refractivity contribution in [2.45, 2.75) is 13.0 Å². The molecule has 4 nitrogen and oxygen atoms in total. The molecule has 2 aromatic rings. The van der Waals surface area contributed by atoms with Crippen LogP contribution in [0.25, 0.3) is 0 Å². The van der Waals surface area contributed by atoms with Crippen molar-refractivity contribution >= 4 is 11.6 Å². The van der Waals surface area contributed by atoms with Gasteiger partial charge >= 0.3 is 0 Å². The summed E-state index contributed by atoms with van der Waals surface area (Å²) in [6, 6.07) is 13.2. The zero-order chi connectivity index (χ0) is 14.1. The summed E-state index contributed by atoms with van der Waals surface area (Å²) in [7, 11) is 1.77. The van der Waals surface area contributed by atoms with E-state index >= 15 is 0 Å². The lowest BCUT2D eigenvalue weighted by Crippen LogP contribution is -2.23. The molecule has 102 valence electrons. The van der Waals surface area contributed by atoms with E-state index in [-0.39, 0.29) is 11.9 Å². The fourth-order valence-corrected chi connectivity index (χ4v) is 2.39. The Bertz CT molecular complexity index is 667. The van der Waals surface area contributed by atoms with Crippen LogP contribution in [0, 0.1) is 6.92 Å². The van der Waals surface area contributed by atoms with Gasteiger partial charge in [0.1, 0.15) is 17.5 Å². The van der Waals surface area contributed by atoms with Gasteiger partial charge in [-0.25, -0.2) is 0 Å². The summed E-state index contributed by atoms with van der Waals surface area (Å²) in [5.74, 6) is 1.51. The third-order valence-electron chi connectivity index (χ3n) is 3.47. The van der Waals surface area contributed by atoms with Gasteiger partial charge in [0.25, 0.3) is 0 Å². The summed E-state index contributed by atoms with van der Waals surface area (Å²) in [5.41, 5.74) is 2.83. The Balaban J connectivity index is 1.90. The van der Waals surface area contributed by atoms with E-state index in [0.29, 0.717) is 0 Å². The quantitative estimate of drug-likeness (QED) is 0.899. The normalized spacial score (nSPS) is 16.7. The number of para-hydroxylation sites is 1. The fraction of sp³-hybridized carbons (Fsp3) is 0.188. The summed E-state index contributed by atoms with van der Waals surface area (Å²) in [6.07, 6.45) is 0. The van der Waals surface area contributed by atoms with Crippen LogP contribution in [0.4, 0.5) is 5.69 Å². The molecule has 1 atom stereocenters. The molecule has 0 saturated heterocycles. The molecule has 2 N–H and O–H groups in total. The van der Waals surface area contributed by atoms with Gasteiger partial charge in [-0.05, 0) is 31.7 Å². The summed E-state index contributed by atoms with van der Waals surface area (Å²) < 4.78 is 5.87. The van der Waals surface area contributed by atoms with Crippen LogP contribution in [-0.4, -0.2) is 13.0 Å². The third-order valence-corrected chi connectivity index (χ3v) is 3.47. The van der Waals surface area contributed by atoms with E-state index in [1.54, 1.807) is 7.05 Å². The zero-order valence-electron chi connectivity index (χ0n) is 11.4. The standard InChI is InChI=1S/C16H16N2O2/c1-10-5-3-4-6-14(10)20-11-7-8-12-13(9-11)18-16(19)15(12)17-2/h3-9,15,17H,1-2H3,(H,18,19). The number of ether oxygens (including phenoxy) is 1. The maximum absolute atomic E-state index is 11.8. The van der Waals surface area contributed by atoms with E-state index in [4.69, 9.17) is 4.74 Å². The molecule has 0 saturated carbocycles. The summed E-state index contributed by atoms with van der Waals surface area (Å²) in [6.45, 7) is 2.00. The Labute approximate surface area is 117 Å². The van der Waals surface area contributed by atoms with E-state index in [9.17, 15) is 4.79 Å². The van der Waals surface area contributed by atoms with E-state index < -0.39 is 0 Å². The van der Waals surface area contributed by atoms with Crippen LogP contribution in [0.2, 0.25) is 0 Å². The van der Waals surface area contributed by atoms with Gasteiger partial charge in [-0.1, -0.05) is 24.3 Å². The number of carbonyl (C=O) groups excluding carboxylic acids is 1. The molecule has 1 heterocycles. The van der Waals surface area contributed by atoms with Crippen LogP contribution < -0.4 is 15.4 Å². The number of benzene rings is 2. The average molecular weight is 268 g/mol. The van der Waals surface area contributed by atoms with Crippen LogP contribution in [0.15, 0.2) is 42.5 Å². The predicted octanol–water partition coefficient (Wildman–Crippen LogP) is 3.00. The lowest BCUT2D eigenvalue weighted by atomic mass is 10.1. The number of rotatable bonds is 3. The van der Waals surface area contributed by atoms with Gasteiger partial charge in [0, 0.05) is 17.3 Å². The first kappa shape index (κ1) is 12.7. The third kappa shape index (κ3) is 2.14. The minimum absolute atomic E-state index is 0.0319. The second kappa shape index (κ2) is 4.98. The van der Waals surface area contributed by atoms with Crippen molar-refractivity contribution in [1.29, 1.82) is 0 Å². The molecule has 2 aromatic carbocycles. The largest absolute Gasteiger partial charge is 0.457 e. The number of nitrogens with one attached hydrogen (secondary N) is 2. The Hall–Kier alpha value is -2.33. The highest BCUT2D eigenvalue weighted by Crippen LogP contribution is 2.35. The summed E-state index contributed by atoms with van der Waals surface area (Å²) in [4.78, 5) is 11.8. The maximum atomic E-state index is 11.8. The molecule has 0 bridgehead atoms. The van der Waals surface area contributed by atoms with Gasteiger partial charge < -0.3 is 15.4 Å². The number of carbonyl (C=O) groups is 1. The first-order chi connectivity index (χ1) is 9.69. The van der Waals surface area contributed by atoms with Crippen molar-refractivity contribution in [1.82, 2.24) is 5.32 Å². The van der Waals surface area contributed by atoms with E-state index in [1.807, 2.05) is 49.4 Å². The lowest BCUT2D eigenvalue weighted by Gasteiger charge is -2.10. The highest BCUT2D eigenvalue weighted by atomic mass is 16.5. The number of fused-ring (bicyclic) bond motifs is 1. The molecule has 1 aliphatic rings. The Morgan fingerprint density at radius 3 is 2.75 bits per heavy atom. The summed E-state index contributed by atoms with van der Waals surface area (Å²) in [5, 5.41) is 5.85. The summed E-state index contributed by atoms with van der Waals surface area (Å²) >= 11 is 0. The first-order valence-corrected chi connectivity index (χ1v) is 6.54. The SMILES string of the molecule is CNC1C(=O)Nc2cc(Oc3ccccc3C)ccc21. The van der Waals surface area contributed by atoms with Crippen molar-refractivity contribution < 1.29 is 9.53 Å². The Kier molecular flexibility index (Phi) is 3.16. The molecular weight excluding hydrogens is 252 g/mol. The van der Waals surface area contributed by atoms with Gasteiger partial charge in [0.15, 0.2) is 0 Å². The van der Waals surface area contributed by atoms with E-state index in [1.165, 1.54) is 0 Å². The minimum Gasteiger partial charge on any atom is -0.457 e. The van der Waals surface area contributed by atoms with Crippen LogP contribution in [0.5, 0.6) is 11.5 Å². The number of hydrogen-bond acceptors (Lipinski definition) is 3. The molecule has 1 amide bonds. The first-order valence-electron chi connectivity index (χ1n) is 6.54. The number of likely N-dealkylation sites (N-methyl/N-ethyl adjacent to an activating group) is 1. The molecule has 1 unspecified atom stereocenters. The minimum atomic E-state index is -0.280. The molecule has 0 radical (unpaired) electrons. The fourth-order valence-electron chi connectivity index (χ4n) is 2.39. The molecule has 0 aliphatic carbocycles. The van der Waals surface area contributed by atoms with Crippen molar-refractivity contribution in [3.05, 3.63) is 53.6 Å². The monoisotopic (exact) mass is 268 g/mol. The second-order valence-corrected chi connectivity index (χ2v) is 4.83. The molecule has 0 aromatic heterocycles. The zero-order valence-corrected chi connectivity index (χ0v) is 11.4. The van der Waals surface area contributed by atoms with Crippen molar-refractivity contribution in [2.75, 3.05) is 12.4 Å². The van der Waals surface area contributed by atoms with Crippen molar-refractivity contribution in [2.24, 2.45) is 0 Å². The molecule has 0 spiro atoms. The van der Waals surface area contributed by atoms with Gasteiger partial charge in [0.05, 0.1) is 0 Å². The second-order valence-electron chi connectivity index (χ2n) is 4.83. The molecule has 0 fully saturated rings. The topological polar surface area (TPSA) is 50.4 Å². The maximum Gasteiger partial charge on any atom is 0.246 e. The van der Waals surface area contributed by atoms with Gasteiger partial charge in [0.2, 0.25) is 5.91 Å². The van der Waals surface area contributed by atoms with Crippen molar-refractivity contribution in [3.8, 4) is 11.5 Å². The molecule has 1 aliphatic heterocycles. The average Bonchev–Trinajstić information content (AvgIpc) is 2.76. The van der Waals surface area contributed by atoms with Crippen LogP contribution in [0.3, 0.4) is 0 Å². The van der Waals surface area contributed by atoms with Gasteiger partial charge in [-0.2, -0.15) is 0 Å². The van der Waals surface area contributed by atoms with Crippen LogP contribution in [-0.2, 0) is 4.79 Å². The van der Waals surface area contributed by atoms with Crippen LogP contribution in [0.1, 0.15) is 17.2 Å². The number of anilines is 1. The van der Waals surface area contributed by atoms with E-state index in [2.05, 4.69) is 10.6 Å². The smallest absolute Gasteiger partial charge is 0.246 e. The number of amides is 1.